The lowest BCUT2D eigenvalue weighted by Crippen LogP contribution is -2.12. The van der Waals surface area contributed by atoms with Crippen molar-refractivity contribution >= 4 is 22.7 Å². The Labute approximate surface area is 141 Å². The topological polar surface area (TPSA) is 68.0 Å². The molecule has 3 rings (SSSR count). The minimum absolute atomic E-state index is 0.191. The van der Waals surface area contributed by atoms with Gasteiger partial charge in [-0.25, -0.2) is 4.98 Å². The van der Waals surface area contributed by atoms with Gasteiger partial charge in [-0.1, -0.05) is 37.1 Å². The van der Waals surface area contributed by atoms with Crippen molar-refractivity contribution in [2.45, 2.75) is 39.5 Å². The summed E-state index contributed by atoms with van der Waals surface area (Å²) >= 11 is 0. The summed E-state index contributed by atoms with van der Waals surface area (Å²) in [6.07, 6.45) is 6.25. The van der Waals surface area contributed by atoms with Crippen molar-refractivity contribution in [3.63, 3.8) is 0 Å². The molecule has 0 unspecified atom stereocenters. The van der Waals surface area contributed by atoms with Crippen molar-refractivity contribution in [2.75, 3.05) is 5.32 Å². The third kappa shape index (κ3) is 3.62. The quantitative estimate of drug-likeness (QED) is 0.677. The highest BCUT2D eigenvalue weighted by Crippen LogP contribution is 2.18. The standard InChI is InChI=1S/C19H21N3O2/c1-3-4-5-6-14-7-9-16(10-8-14)21-18(23)15-11-17-13(2)22-24-19(17)20-12-15/h7-12H,3-6H2,1-2H3,(H,21,23). The number of hydrogen-bond donors (Lipinski definition) is 1. The van der Waals surface area contributed by atoms with Gasteiger partial charge >= 0.3 is 0 Å². The Balaban J connectivity index is 1.68. The molecule has 1 N–H and O–H groups in total. The molecule has 0 spiro atoms. The Hall–Kier alpha value is -2.69. The van der Waals surface area contributed by atoms with Gasteiger partial charge in [0.15, 0.2) is 0 Å². The van der Waals surface area contributed by atoms with Gasteiger partial charge in [-0.2, -0.15) is 0 Å². The Morgan fingerprint density at radius 1 is 1.21 bits per heavy atom. The number of aromatic nitrogens is 2. The third-order valence-electron chi connectivity index (χ3n) is 4.05. The van der Waals surface area contributed by atoms with E-state index in [0.717, 1.165) is 23.2 Å². The van der Waals surface area contributed by atoms with Crippen LogP contribution in [0.2, 0.25) is 0 Å². The fraction of sp³-hybridized carbons (Fsp3) is 0.316. The van der Waals surface area contributed by atoms with Crippen LogP contribution in [0.3, 0.4) is 0 Å². The molecule has 1 aromatic carbocycles. The summed E-state index contributed by atoms with van der Waals surface area (Å²) in [7, 11) is 0. The van der Waals surface area contributed by atoms with Crippen molar-refractivity contribution in [1.82, 2.24) is 10.1 Å². The van der Waals surface area contributed by atoms with Crippen LogP contribution in [-0.2, 0) is 6.42 Å². The number of hydrogen-bond acceptors (Lipinski definition) is 4. The van der Waals surface area contributed by atoms with Crippen LogP contribution in [0, 0.1) is 6.92 Å². The predicted molar refractivity (Wildman–Crippen MR) is 94.2 cm³/mol. The summed E-state index contributed by atoms with van der Waals surface area (Å²) in [4.78, 5) is 16.5. The van der Waals surface area contributed by atoms with Gasteiger partial charge in [0.2, 0.25) is 0 Å². The van der Waals surface area contributed by atoms with E-state index < -0.39 is 0 Å². The highest BCUT2D eigenvalue weighted by atomic mass is 16.5. The summed E-state index contributed by atoms with van der Waals surface area (Å²) in [5, 5.41) is 7.51. The Bertz CT molecular complexity index is 837. The number of fused-ring (bicyclic) bond motifs is 1. The van der Waals surface area contributed by atoms with Crippen LogP contribution < -0.4 is 5.32 Å². The van der Waals surface area contributed by atoms with E-state index in [1.54, 1.807) is 6.07 Å². The summed E-state index contributed by atoms with van der Waals surface area (Å²) < 4.78 is 5.06. The van der Waals surface area contributed by atoms with E-state index in [0.29, 0.717) is 11.3 Å². The first-order valence-corrected chi connectivity index (χ1v) is 8.29. The van der Waals surface area contributed by atoms with Crippen LogP contribution in [0.4, 0.5) is 5.69 Å². The molecule has 0 fully saturated rings. The van der Waals surface area contributed by atoms with Gasteiger partial charge in [0, 0.05) is 11.9 Å². The largest absolute Gasteiger partial charge is 0.336 e. The zero-order chi connectivity index (χ0) is 16.9. The lowest BCUT2D eigenvalue weighted by atomic mass is 10.1. The lowest BCUT2D eigenvalue weighted by Gasteiger charge is -2.06. The highest BCUT2D eigenvalue weighted by Gasteiger charge is 2.11. The first kappa shape index (κ1) is 16.2. The molecule has 0 aliphatic rings. The molecule has 0 aliphatic heterocycles. The number of aryl methyl sites for hydroxylation is 2. The van der Waals surface area contributed by atoms with Crippen LogP contribution in [0.1, 0.15) is 47.8 Å². The minimum atomic E-state index is -0.191. The zero-order valence-electron chi connectivity index (χ0n) is 14.0. The van der Waals surface area contributed by atoms with Crippen LogP contribution in [0.15, 0.2) is 41.1 Å². The molecular formula is C19H21N3O2. The number of carbonyl (C=O) groups excluding carboxylic acids is 1. The maximum atomic E-state index is 12.4. The third-order valence-corrected chi connectivity index (χ3v) is 4.05. The molecule has 24 heavy (non-hydrogen) atoms. The molecule has 5 nitrogen and oxygen atoms in total. The second-order valence-electron chi connectivity index (χ2n) is 5.95. The van der Waals surface area contributed by atoms with Gasteiger partial charge in [0.25, 0.3) is 11.6 Å². The zero-order valence-corrected chi connectivity index (χ0v) is 14.0. The molecule has 0 saturated carbocycles. The molecule has 5 heteroatoms. The predicted octanol–water partition coefficient (Wildman–Crippen LogP) is 4.52. The summed E-state index contributed by atoms with van der Waals surface area (Å²) in [5.41, 5.74) is 3.73. The van der Waals surface area contributed by atoms with Gasteiger partial charge in [0.1, 0.15) is 0 Å². The molecule has 0 radical (unpaired) electrons. The molecule has 124 valence electrons. The van der Waals surface area contributed by atoms with Gasteiger partial charge < -0.3 is 9.84 Å². The molecule has 0 atom stereocenters. The van der Waals surface area contributed by atoms with E-state index in [1.807, 2.05) is 19.1 Å². The van der Waals surface area contributed by atoms with Crippen LogP contribution in [0.25, 0.3) is 11.1 Å². The van der Waals surface area contributed by atoms with Crippen molar-refractivity contribution in [3.05, 3.63) is 53.3 Å². The Morgan fingerprint density at radius 2 is 2.00 bits per heavy atom. The van der Waals surface area contributed by atoms with Crippen molar-refractivity contribution in [1.29, 1.82) is 0 Å². The Morgan fingerprint density at radius 3 is 2.75 bits per heavy atom. The fourth-order valence-corrected chi connectivity index (χ4v) is 2.61. The summed E-state index contributed by atoms with van der Waals surface area (Å²) in [6, 6.07) is 9.77. The normalized spacial score (nSPS) is 10.9. The maximum absolute atomic E-state index is 12.4. The smallest absolute Gasteiger partial charge is 0.257 e. The van der Waals surface area contributed by atoms with E-state index in [4.69, 9.17) is 4.52 Å². The molecule has 0 bridgehead atoms. The number of carbonyl (C=O) groups is 1. The Kier molecular flexibility index (Phi) is 4.89. The van der Waals surface area contributed by atoms with Crippen LogP contribution in [-0.4, -0.2) is 16.0 Å². The molecule has 2 heterocycles. The second-order valence-corrected chi connectivity index (χ2v) is 5.95. The van der Waals surface area contributed by atoms with Crippen LogP contribution in [0.5, 0.6) is 0 Å². The fourth-order valence-electron chi connectivity index (χ4n) is 2.61. The van der Waals surface area contributed by atoms with E-state index in [1.165, 1.54) is 31.0 Å². The number of nitrogens with zero attached hydrogens (tertiary/aromatic N) is 2. The van der Waals surface area contributed by atoms with Gasteiger partial charge in [0.05, 0.1) is 16.6 Å². The first-order valence-electron chi connectivity index (χ1n) is 8.29. The van der Waals surface area contributed by atoms with E-state index >= 15 is 0 Å². The molecule has 0 saturated heterocycles. The number of nitrogens with one attached hydrogen (secondary N) is 1. The van der Waals surface area contributed by atoms with Crippen molar-refractivity contribution < 1.29 is 9.32 Å². The molecular weight excluding hydrogens is 302 g/mol. The number of benzene rings is 1. The molecule has 1 amide bonds. The first-order chi connectivity index (χ1) is 11.7. The summed E-state index contributed by atoms with van der Waals surface area (Å²) in [6.45, 7) is 4.03. The lowest BCUT2D eigenvalue weighted by molar-refractivity contribution is 0.102. The number of anilines is 1. The summed E-state index contributed by atoms with van der Waals surface area (Å²) in [5.74, 6) is -0.191. The van der Waals surface area contributed by atoms with Crippen molar-refractivity contribution in [3.8, 4) is 0 Å². The van der Waals surface area contributed by atoms with Crippen LogP contribution >= 0.6 is 0 Å². The minimum Gasteiger partial charge on any atom is -0.336 e. The average molecular weight is 323 g/mol. The number of unbranched alkanes of at least 4 members (excludes halogenated alkanes) is 2. The van der Waals surface area contributed by atoms with E-state index in [-0.39, 0.29) is 5.91 Å². The van der Waals surface area contributed by atoms with Crippen molar-refractivity contribution in [2.24, 2.45) is 0 Å². The van der Waals surface area contributed by atoms with E-state index in [2.05, 4.69) is 34.5 Å². The monoisotopic (exact) mass is 323 g/mol. The van der Waals surface area contributed by atoms with Gasteiger partial charge in [-0.15, -0.1) is 0 Å². The molecule has 3 aromatic rings. The SMILES string of the molecule is CCCCCc1ccc(NC(=O)c2cnc3onc(C)c3c2)cc1. The molecule has 0 aliphatic carbocycles. The second kappa shape index (κ2) is 7.25. The van der Waals surface area contributed by atoms with Gasteiger partial charge in [-0.05, 0) is 43.5 Å². The van der Waals surface area contributed by atoms with E-state index in [9.17, 15) is 4.79 Å². The maximum Gasteiger partial charge on any atom is 0.257 e. The average Bonchev–Trinajstić information content (AvgIpc) is 2.97. The number of pyridine rings is 1. The molecule has 2 aromatic heterocycles. The van der Waals surface area contributed by atoms with Gasteiger partial charge in [-0.3, -0.25) is 4.79 Å². The highest BCUT2D eigenvalue weighted by molar-refractivity contribution is 6.05. The number of rotatable bonds is 6. The number of amides is 1.